The van der Waals surface area contributed by atoms with E-state index in [0.29, 0.717) is 0 Å². The zero-order valence-electron chi connectivity index (χ0n) is 12.4. The third-order valence-electron chi connectivity index (χ3n) is 3.09. The van der Waals surface area contributed by atoms with Crippen molar-refractivity contribution in [2.45, 2.75) is 11.5 Å². The number of carbonyl (C=O) groups is 1. The van der Waals surface area contributed by atoms with Crippen LogP contribution in [0.2, 0.25) is 0 Å². The molecule has 22 heavy (non-hydrogen) atoms. The summed E-state index contributed by atoms with van der Waals surface area (Å²) in [7, 11) is 1.65. The van der Waals surface area contributed by atoms with Gasteiger partial charge >= 0.3 is 5.97 Å². The van der Waals surface area contributed by atoms with Crippen LogP contribution in [0.25, 0.3) is 6.08 Å². The topological polar surface area (TPSA) is 46.5 Å². The maximum absolute atomic E-state index is 10.6. The Kier molecular flexibility index (Phi) is 6.10. The fourth-order valence-electron chi connectivity index (χ4n) is 2.04. The highest BCUT2D eigenvalue weighted by atomic mass is 32.2. The van der Waals surface area contributed by atoms with Crippen molar-refractivity contribution in [1.82, 2.24) is 0 Å². The molecule has 0 amide bonds. The predicted octanol–water partition coefficient (Wildman–Crippen LogP) is 4.23. The molecule has 2 rings (SSSR count). The predicted molar refractivity (Wildman–Crippen MR) is 91.1 cm³/mol. The fourth-order valence-corrected chi connectivity index (χ4v) is 3.01. The van der Waals surface area contributed by atoms with Crippen molar-refractivity contribution in [3.8, 4) is 5.75 Å². The molecule has 0 atom stereocenters. The van der Waals surface area contributed by atoms with Crippen LogP contribution in [-0.4, -0.2) is 18.2 Å². The van der Waals surface area contributed by atoms with E-state index >= 15 is 0 Å². The first-order valence-corrected chi connectivity index (χ1v) is 8.04. The number of rotatable bonds is 7. The summed E-state index contributed by atoms with van der Waals surface area (Å²) >= 11 is 1.80. The fraction of sp³-hybridized carbons (Fsp3) is 0.167. The van der Waals surface area contributed by atoms with Crippen molar-refractivity contribution < 1.29 is 14.6 Å². The van der Waals surface area contributed by atoms with E-state index in [0.717, 1.165) is 34.5 Å². The lowest BCUT2D eigenvalue weighted by atomic mass is 10.1. The number of thioether (sulfide) groups is 1. The molecule has 0 saturated carbocycles. The van der Waals surface area contributed by atoms with Crippen LogP contribution in [-0.2, 0) is 16.3 Å². The van der Waals surface area contributed by atoms with E-state index < -0.39 is 5.97 Å². The van der Waals surface area contributed by atoms with E-state index in [9.17, 15) is 4.79 Å². The van der Waals surface area contributed by atoms with E-state index in [2.05, 4.69) is 12.1 Å². The van der Waals surface area contributed by atoms with Gasteiger partial charge in [0.25, 0.3) is 0 Å². The van der Waals surface area contributed by atoms with Crippen molar-refractivity contribution in [3.63, 3.8) is 0 Å². The molecule has 0 radical (unpaired) electrons. The zero-order valence-corrected chi connectivity index (χ0v) is 13.2. The molecule has 3 nitrogen and oxygen atoms in total. The van der Waals surface area contributed by atoms with Crippen LogP contribution >= 0.6 is 11.8 Å². The lowest BCUT2D eigenvalue weighted by Gasteiger charge is -2.09. The Morgan fingerprint density at radius 2 is 1.95 bits per heavy atom. The van der Waals surface area contributed by atoms with Gasteiger partial charge in [-0.15, -0.1) is 0 Å². The highest BCUT2D eigenvalue weighted by molar-refractivity contribution is 7.97. The number of methoxy groups -OCH3 is 1. The lowest BCUT2D eigenvalue weighted by Crippen LogP contribution is -1.92. The molecule has 0 aliphatic heterocycles. The molecule has 0 aromatic heterocycles. The number of benzene rings is 2. The van der Waals surface area contributed by atoms with Crippen LogP contribution in [0.1, 0.15) is 16.7 Å². The number of ether oxygens (including phenoxy) is 1. The summed E-state index contributed by atoms with van der Waals surface area (Å²) < 4.78 is 5.37. The van der Waals surface area contributed by atoms with Gasteiger partial charge in [0, 0.05) is 23.1 Å². The van der Waals surface area contributed by atoms with Crippen molar-refractivity contribution >= 4 is 23.8 Å². The summed E-state index contributed by atoms with van der Waals surface area (Å²) in [4.78, 5) is 10.6. The van der Waals surface area contributed by atoms with Crippen LogP contribution in [0, 0.1) is 0 Å². The highest BCUT2D eigenvalue weighted by Gasteiger charge is 2.04. The van der Waals surface area contributed by atoms with Crippen molar-refractivity contribution in [2.75, 3.05) is 7.11 Å². The standard InChI is InChI=1S/C18H18O3S/c1-21-17-9-7-14(8-10-18(19)20)11-16(17)13-22-12-15-5-3-2-4-6-15/h2-11H,12-13H2,1H3,(H,19,20). The van der Waals surface area contributed by atoms with Gasteiger partial charge in [0.2, 0.25) is 0 Å². The first-order chi connectivity index (χ1) is 10.7. The molecule has 0 unspecified atom stereocenters. The Bertz CT molecular complexity index is 651. The largest absolute Gasteiger partial charge is 0.496 e. The number of carboxylic acids is 1. The van der Waals surface area contributed by atoms with Crippen LogP contribution in [0.3, 0.4) is 0 Å². The smallest absolute Gasteiger partial charge is 0.328 e. The van der Waals surface area contributed by atoms with Crippen molar-refractivity contribution in [2.24, 2.45) is 0 Å². The van der Waals surface area contributed by atoms with Gasteiger partial charge < -0.3 is 9.84 Å². The molecule has 1 N–H and O–H groups in total. The summed E-state index contributed by atoms with van der Waals surface area (Å²) in [5.74, 6) is 1.62. The maximum atomic E-state index is 10.6. The molecule has 0 spiro atoms. The third kappa shape index (κ3) is 4.97. The Balaban J connectivity index is 2.04. The van der Waals surface area contributed by atoms with E-state index in [4.69, 9.17) is 9.84 Å². The molecule has 4 heteroatoms. The van der Waals surface area contributed by atoms with Gasteiger partial charge in [0.1, 0.15) is 5.75 Å². The maximum Gasteiger partial charge on any atom is 0.328 e. The van der Waals surface area contributed by atoms with Crippen LogP contribution in [0.15, 0.2) is 54.6 Å². The van der Waals surface area contributed by atoms with Gasteiger partial charge in [-0.3, -0.25) is 0 Å². The molecular formula is C18H18O3S. The number of carboxylic acid groups (broad SMARTS) is 1. The van der Waals surface area contributed by atoms with E-state index in [1.54, 1.807) is 24.9 Å². The average molecular weight is 314 g/mol. The van der Waals surface area contributed by atoms with Gasteiger partial charge in [-0.1, -0.05) is 36.4 Å². The highest BCUT2D eigenvalue weighted by Crippen LogP contribution is 2.26. The molecule has 0 aliphatic carbocycles. The lowest BCUT2D eigenvalue weighted by molar-refractivity contribution is -0.131. The Morgan fingerprint density at radius 1 is 1.18 bits per heavy atom. The minimum absolute atomic E-state index is 0.812. The van der Waals surface area contributed by atoms with Crippen molar-refractivity contribution in [3.05, 3.63) is 71.3 Å². The second-order valence-corrected chi connectivity index (χ2v) is 5.71. The molecule has 0 heterocycles. The summed E-state index contributed by atoms with van der Waals surface area (Å²) in [6, 6.07) is 16.0. The quantitative estimate of drug-likeness (QED) is 0.777. The number of hydrogen-bond acceptors (Lipinski definition) is 3. The molecule has 0 saturated heterocycles. The number of hydrogen-bond donors (Lipinski definition) is 1. The SMILES string of the molecule is COc1ccc(C=CC(=O)O)cc1CSCc1ccccc1. The third-order valence-corrected chi connectivity index (χ3v) is 4.14. The van der Waals surface area contributed by atoms with E-state index in [1.165, 1.54) is 5.56 Å². The molecule has 2 aromatic rings. The monoisotopic (exact) mass is 314 g/mol. The van der Waals surface area contributed by atoms with E-state index in [1.807, 2.05) is 36.4 Å². The molecule has 0 aliphatic rings. The summed E-state index contributed by atoms with van der Waals surface area (Å²) in [6.45, 7) is 0. The van der Waals surface area contributed by atoms with Gasteiger partial charge in [-0.05, 0) is 29.3 Å². The summed E-state index contributed by atoms with van der Waals surface area (Å²) in [5.41, 5.74) is 3.21. The second-order valence-electron chi connectivity index (χ2n) is 4.72. The molecule has 0 fully saturated rings. The van der Waals surface area contributed by atoms with Gasteiger partial charge in [0.05, 0.1) is 7.11 Å². The second kappa shape index (κ2) is 8.29. The first-order valence-electron chi connectivity index (χ1n) is 6.88. The van der Waals surface area contributed by atoms with Crippen LogP contribution < -0.4 is 4.74 Å². The summed E-state index contributed by atoms with van der Waals surface area (Å²) in [5, 5.41) is 8.70. The molecule has 2 aromatic carbocycles. The molecular weight excluding hydrogens is 296 g/mol. The average Bonchev–Trinajstić information content (AvgIpc) is 2.54. The van der Waals surface area contributed by atoms with Gasteiger partial charge in [0.15, 0.2) is 0 Å². The Morgan fingerprint density at radius 3 is 2.64 bits per heavy atom. The van der Waals surface area contributed by atoms with Gasteiger partial charge in [-0.25, -0.2) is 4.79 Å². The van der Waals surface area contributed by atoms with Crippen LogP contribution in [0.5, 0.6) is 5.75 Å². The molecule has 0 bridgehead atoms. The minimum Gasteiger partial charge on any atom is -0.496 e. The zero-order chi connectivity index (χ0) is 15.8. The van der Waals surface area contributed by atoms with Crippen molar-refractivity contribution in [1.29, 1.82) is 0 Å². The Labute approximate surface area is 134 Å². The summed E-state index contributed by atoms with van der Waals surface area (Å²) in [6.07, 6.45) is 2.73. The number of aliphatic carboxylic acids is 1. The van der Waals surface area contributed by atoms with Gasteiger partial charge in [-0.2, -0.15) is 11.8 Å². The normalized spacial score (nSPS) is 10.8. The Hall–Kier alpha value is -2.20. The minimum atomic E-state index is -0.948. The molecule has 114 valence electrons. The first kappa shape index (κ1) is 16.2. The van der Waals surface area contributed by atoms with Crippen LogP contribution in [0.4, 0.5) is 0 Å². The van der Waals surface area contributed by atoms with E-state index in [-0.39, 0.29) is 0 Å².